The fourth-order valence-electron chi connectivity index (χ4n) is 1.54. The lowest BCUT2D eigenvalue weighted by Gasteiger charge is -2.07. The van der Waals surface area contributed by atoms with E-state index in [0.29, 0.717) is 11.9 Å². The minimum Gasteiger partial charge on any atom is -0.354 e. The van der Waals surface area contributed by atoms with Crippen molar-refractivity contribution >= 4 is 23.5 Å². The normalized spacial score (nSPS) is 14.7. The van der Waals surface area contributed by atoms with E-state index in [0.717, 1.165) is 25.4 Å². The highest BCUT2D eigenvalue weighted by Gasteiger charge is 2.20. The lowest BCUT2D eigenvalue weighted by Crippen LogP contribution is -2.10. The van der Waals surface area contributed by atoms with E-state index in [2.05, 4.69) is 32.5 Å². The first kappa shape index (κ1) is 12.4. The third-order valence-corrected chi connectivity index (χ3v) is 2.84. The Hall–Kier alpha value is -1.10. The van der Waals surface area contributed by atoms with Gasteiger partial charge in [0, 0.05) is 13.1 Å². The molecule has 6 heteroatoms. The summed E-state index contributed by atoms with van der Waals surface area (Å²) in [6.07, 6.45) is 4.93. The van der Waals surface area contributed by atoms with Crippen LogP contribution in [0.4, 0.5) is 11.9 Å². The maximum absolute atomic E-state index is 5.84. The summed E-state index contributed by atoms with van der Waals surface area (Å²) < 4.78 is 0. The molecule has 0 saturated heterocycles. The largest absolute Gasteiger partial charge is 0.354 e. The quantitative estimate of drug-likeness (QED) is 0.784. The molecule has 1 aliphatic carbocycles. The van der Waals surface area contributed by atoms with Crippen molar-refractivity contribution in [3.8, 4) is 0 Å². The van der Waals surface area contributed by atoms with Crippen molar-refractivity contribution in [3.05, 3.63) is 5.28 Å². The molecule has 0 amide bonds. The zero-order valence-electron chi connectivity index (χ0n) is 10.0. The molecule has 0 radical (unpaired) electrons. The van der Waals surface area contributed by atoms with Gasteiger partial charge in [-0.2, -0.15) is 15.0 Å². The van der Waals surface area contributed by atoms with Crippen molar-refractivity contribution in [2.24, 2.45) is 5.92 Å². The van der Waals surface area contributed by atoms with Crippen molar-refractivity contribution in [3.63, 3.8) is 0 Å². The summed E-state index contributed by atoms with van der Waals surface area (Å²) >= 11 is 5.84. The molecule has 0 atom stereocenters. The monoisotopic (exact) mass is 255 g/mol. The van der Waals surface area contributed by atoms with Crippen molar-refractivity contribution in [1.29, 1.82) is 0 Å². The molecule has 94 valence electrons. The number of nitrogens with zero attached hydrogens (tertiary/aromatic N) is 3. The molecule has 1 fully saturated rings. The van der Waals surface area contributed by atoms with Crippen LogP contribution in [0.3, 0.4) is 0 Å². The Bertz CT molecular complexity index is 367. The molecule has 1 aromatic rings. The molecule has 0 aromatic carbocycles. The van der Waals surface area contributed by atoms with Gasteiger partial charge in [-0.25, -0.2) is 0 Å². The lowest BCUT2D eigenvalue weighted by molar-refractivity contribution is 0.754. The van der Waals surface area contributed by atoms with Gasteiger partial charge in [-0.05, 0) is 30.4 Å². The minimum atomic E-state index is 0.229. The summed E-state index contributed by atoms with van der Waals surface area (Å²) in [6, 6.07) is 0. The highest BCUT2D eigenvalue weighted by molar-refractivity contribution is 6.28. The first-order valence-corrected chi connectivity index (χ1v) is 6.55. The van der Waals surface area contributed by atoms with E-state index in [1.807, 2.05) is 0 Å². The molecule has 1 aromatic heterocycles. The molecule has 2 N–H and O–H groups in total. The van der Waals surface area contributed by atoms with E-state index in [9.17, 15) is 0 Å². The third kappa shape index (κ3) is 4.34. The Morgan fingerprint density at radius 1 is 1.12 bits per heavy atom. The summed E-state index contributed by atoms with van der Waals surface area (Å²) in [5.41, 5.74) is 0. The van der Waals surface area contributed by atoms with Gasteiger partial charge in [-0.1, -0.05) is 19.8 Å². The maximum Gasteiger partial charge on any atom is 0.228 e. The molecule has 0 bridgehead atoms. The summed E-state index contributed by atoms with van der Waals surface area (Å²) in [5, 5.41) is 6.52. The number of hydrogen-bond donors (Lipinski definition) is 2. The van der Waals surface area contributed by atoms with E-state index in [4.69, 9.17) is 11.6 Å². The zero-order valence-corrected chi connectivity index (χ0v) is 10.8. The molecule has 0 aliphatic heterocycles. The van der Waals surface area contributed by atoms with Gasteiger partial charge in [0.25, 0.3) is 0 Å². The number of halogens is 1. The van der Waals surface area contributed by atoms with Gasteiger partial charge < -0.3 is 10.6 Å². The second-order valence-electron chi connectivity index (χ2n) is 4.34. The topological polar surface area (TPSA) is 62.7 Å². The number of nitrogens with one attached hydrogen (secondary N) is 2. The van der Waals surface area contributed by atoms with Gasteiger partial charge in [0.05, 0.1) is 0 Å². The van der Waals surface area contributed by atoms with Crippen LogP contribution >= 0.6 is 11.6 Å². The van der Waals surface area contributed by atoms with Gasteiger partial charge in [0.15, 0.2) is 0 Å². The molecular weight excluding hydrogens is 238 g/mol. The second-order valence-corrected chi connectivity index (χ2v) is 4.68. The first-order chi connectivity index (χ1) is 8.28. The molecule has 5 nitrogen and oxygen atoms in total. The van der Waals surface area contributed by atoms with Crippen LogP contribution in [0.2, 0.25) is 5.28 Å². The fourth-order valence-corrected chi connectivity index (χ4v) is 1.70. The van der Waals surface area contributed by atoms with Crippen LogP contribution in [-0.4, -0.2) is 28.0 Å². The van der Waals surface area contributed by atoms with Crippen LogP contribution in [-0.2, 0) is 0 Å². The predicted molar refractivity (Wildman–Crippen MR) is 69.4 cm³/mol. The molecule has 1 aliphatic rings. The van der Waals surface area contributed by atoms with Crippen molar-refractivity contribution in [1.82, 2.24) is 15.0 Å². The molecule has 1 saturated carbocycles. The number of aromatic nitrogens is 3. The van der Waals surface area contributed by atoms with Gasteiger partial charge in [0.2, 0.25) is 17.2 Å². The summed E-state index contributed by atoms with van der Waals surface area (Å²) in [7, 11) is 0. The second kappa shape index (κ2) is 6.00. The third-order valence-electron chi connectivity index (χ3n) is 2.67. The summed E-state index contributed by atoms with van der Waals surface area (Å²) in [5.74, 6) is 2.00. The van der Waals surface area contributed by atoms with Gasteiger partial charge in [-0.15, -0.1) is 0 Å². The smallest absolute Gasteiger partial charge is 0.228 e. The summed E-state index contributed by atoms with van der Waals surface area (Å²) in [6.45, 7) is 3.82. The Morgan fingerprint density at radius 2 is 1.76 bits per heavy atom. The lowest BCUT2D eigenvalue weighted by atomic mass is 10.3. The predicted octanol–water partition coefficient (Wildman–Crippen LogP) is 2.56. The van der Waals surface area contributed by atoms with E-state index < -0.39 is 0 Å². The van der Waals surface area contributed by atoms with E-state index in [-0.39, 0.29) is 5.28 Å². The Labute approximate surface area is 106 Å². The highest BCUT2D eigenvalue weighted by Crippen LogP contribution is 2.31. The average Bonchev–Trinajstić information content (AvgIpc) is 3.10. The van der Waals surface area contributed by atoms with Crippen LogP contribution in [0, 0.1) is 5.92 Å². The van der Waals surface area contributed by atoms with E-state index in [1.54, 1.807) is 0 Å². The summed E-state index contributed by atoms with van der Waals surface area (Å²) in [4.78, 5) is 12.3. The van der Waals surface area contributed by atoms with E-state index in [1.165, 1.54) is 19.3 Å². The minimum absolute atomic E-state index is 0.229. The van der Waals surface area contributed by atoms with Crippen LogP contribution < -0.4 is 10.6 Å². The van der Waals surface area contributed by atoms with Crippen LogP contribution in [0.25, 0.3) is 0 Å². The van der Waals surface area contributed by atoms with Crippen LogP contribution in [0.1, 0.15) is 32.6 Å². The van der Waals surface area contributed by atoms with Crippen LogP contribution in [0.15, 0.2) is 0 Å². The van der Waals surface area contributed by atoms with Crippen LogP contribution in [0.5, 0.6) is 0 Å². The Morgan fingerprint density at radius 3 is 2.35 bits per heavy atom. The number of hydrogen-bond acceptors (Lipinski definition) is 5. The number of anilines is 2. The fraction of sp³-hybridized carbons (Fsp3) is 0.727. The maximum atomic E-state index is 5.84. The zero-order chi connectivity index (χ0) is 12.1. The Kier molecular flexibility index (Phi) is 4.36. The van der Waals surface area contributed by atoms with Gasteiger partial charge >= 0.3 is 0 Å². The molecule has 1 heterocycles. The first-order valence-electron chi connectivity index (χ1n) is 6.17. The number of rotatable bonds is 7. The molecule has 0 unspecified atom stereocenters. The van der Waals surface area contributed by atoms with E-state index >= 15 is 0 Å². The molecule has 2 rings (SSSR count). The van der Waals surface area contributed by atoms with Gasteiger partial charge in [0.1, 0.15) is 0 Å². The molecular formula is C11H18ClN5. The van der Waals surface area contributed by atoms with Crippen molar-refractivity contribution < 1.29 is 0 Å². The van der Waals surface area contributed by atoms with Crippen molar-refractivity contribution in [2.45, 2.75) is 32.6 Å². The SMILES string of the molecule is CCCNc1nc(Cl)nc(NCCC2CC2)n1. The Balaban J connectivity index is 1.87. The van der Waals surface area contributed by atoms with Gasteiger partial charge in [-0.3, -0.25) is 0 Å². The van der Waals surface area contributed by atoms with Crippen molar-refractivity contribution in [2.75, 3.05) is 23.7 Å². The molecule has 17 heavy (non-hydrogen) atoms. The molecule has 0 spiro atoms. The average molecular weight is 256 g/mol. The highest BCUT2D eigenvalue weighted by atomic mass is 35.5. The standard InChI is InChI=1S/C11H18ClN5/c1-2-6-13-10-15-9(12)16-11(17-10)14-7-5-8-3-4-8/h8H,2-7H2,1H3,(H2,13,14,15,16,17).